The minimum atomic E-state index is -1.25. The van der Waals surface area contributed by atoms with Gasteiger partial charge < -0.3 is 14.6 Å². The fourth-order valence-corrected chi connectivity index (χ4v) is 1.58. The molecule has 0 aromatic heterocycles. The molecule has 1 aromatic rings. The molecule has 1 aromatic carbocycles. The molecule has 14 heavy (non-hydrogen) atoms. The van der Waals surface area contributed by atoms with Gasteiger partial charge in [-0.05, 0) is 24.6 Å². The maximum atomic E-state index is 9.80. The Labute approximate surface area is 90.8 Å². The zero-order valence-corrected chi connectivity index (χ0v) is 9.37. The highest BCUT2D eigenvalue weighted by Gasteiger charge is 2.34. The quantitative estimate of drug-likeness (QED) is 0.782. The van der Waals surface area contributed by atoms with Gasteiger partial charge >= 0.3 is 0 Å². The number of fused-ring (bicyclic) bond motifs is 1. The zero-order chi connectivity index (χ0) is 10.2. The van der Waals surface area contributed by atoms with Gasteiger partial charge in [0.15, 0.2) is 18.1 Å². The standard InChI is InChI=1S/C10H11BrO3/c1-7-2-3-8-9(4-7)13-6-10(12,5-11)14-8/h2-4,12H,5-6H2,1H3. The number of ether oxygens (including phenoxy) is 2. The number of hydrogen-bond donors (Lipinski definition) is 1. The van der Waals surface area contributed by atoms with Gasteiger partial charge in [-0.1, -0.05) is 22.0 Å². The molecule has 1 aliphatic heterocycles. The lowest BCUT2D eigenvalue weighted by Crippen LogP contribution is -2.46. The first-order valence-electron chi connectivity index (χ1n) is 4.34. The summed E-state index contributed by atoms with van der Waals surface area (Å²) in [6.45, 7) is 2.13. The van der Waals surface area contributed by atoms with Crippen molar-refractivity contribution in [3.63, 3.8) is 0 Å². The van der Waals surface area contributed by atoms with Crippen LogP contribution in [0.2, 0.25) is 0 Å². The molecule has 1 aliphatic rings. The van der Waals surface area contributed by atoms with Crippen LogP contribution in [0.1, 0.15) is 5.56 Å². The summed E-state index contributed by atoms with van der Waals surface area (Å²) < 4.78 is 10.8. The summed E-state index contributed by atoms with van der Waals surface area (Å²) in [6.07, 6.45) is 0. The molecule has 1 unspecified atom stereocenters. The van der Waals surface area contributed by atoms with Crippen LogP contribution in [0.15, 0.2) is 18.2 Å². The molecule has 0 spiro atoms. The minimum Gasteiger partial charge on any atom is -0.483 e. The van der Waals surface area contributed by atoms with E-state index < -0.39 is 5.79 Å². The van der Waals surface area contributed by atoms with Gasteiger partial charge in [-0.2, -0.15) is 0 Å². The third kappa shape index (κ3) is 1.72. The Hall–Kier alpha value is -0.740. The van der Waals surface area contributed by atoms with Gasteiger partial charge in [-0.25, -0.2) is 0 Å². The van der Waals surface area contributed by atoms with E-state index in [0.717, 1.165) is 5.56 Å². The van der Waals surface area contributed by atoms with Crippen LogP contribution in [0.5, 0.6) is 11.5 Å². The van der Waals surface area contributed by atoms with Gasteiger partial charge in [0.25, 0.3) is 5.79 Å². The maximum Gasteiger partial charge on any atom is 0.252 e. The fourth-order valence-electron chi connectivity index (χ4n) is 1.30. The summed E-state index contributed by atoms with van der Waals surface area (Å²) in [5.41, 5.74) is 1.11. The molecule has 0 bridgehead atoms. The topological polar surface area (TPSA) is 38.7 Å². The molecular weight excluding hydrogens is 248 g/mol. The van der Waals surface area contributed by atoms with Crippen LogP contribution in [-0.2, 0) is 0 Å². The highest BCUT2D eigenvalue weighted by molar-refractivity contribution is 9.09. The van der Waals surface area contributed by atoms with Gasteiger partial charge in [0.2, 0.25) is 0 Å². The number of hydrogen-bond acceptors (Lipinski definition) is 3. The summed E-state index contributed by atoms with van der Waals surface area (Å²) in [6, 6.07) is 5.61. The molecule has 2 rings (SSSR count). The molecule has 0 aliphatic carbocycles. The van der Waals surface area contributed by atoms with E-state index in [1.807, 2.05) is 19.1 Å². The fraction of sp³-hybridized carbons (Fsp3) is 0.400. The van der Waals surface area contributed by atoms with Crippen LogP contribution in [0.25, 0.3) is 0 Å². The van der Waals surface area contributed by atoms with Gasteiger partial charge in [-0.15, -0.1) is 0 Å². The molecule has 0 radical (unpaired) electrons. The van der Waals surface area contributed by atoms with Crippen LogP contribution in [-0.4, -0.2) is 22.8 Å². The van der Waals surface area contributed by atoms with Crippen molar-refractivity contribution in [1.29, 1.82) is 0 Å². The number of alkyl halides is 1. The largest absolute Gasteiger partial charge is 0.483 e. The van der Waals surface area contributed by atoms with E-state index in [-0.39, 0.29) is 6.61 Å². The first-order chi connectivity index (χ1) is 6.63. The Bertz CT molecular complexity index is 353. The Morgan fingerprint density at radius 1 is 1.50 bits per heavy atom. The van der Waals surface area contributed by atoms with E-state index >= 15 is 0 Å². The average molecular weight is 259 g/mol. The molecular formula is C10H11BrO3. The maximum absolute atomic E-state index is 9.80. The Morgan fingerprint density at radius 3 is 3.00 bits per heavy atom. The summed E-state index contributed by atoms with van der Waals surface area (Å²) in [5, 5.41) is 10.1. The third-order valence-electron chi connectivity index (χ3n) is 2.06. The normalized spacial score (nSPS) is 24.8. The molecule has 1 heterocycles. The van der Waals surface area contributed by atoms with E-state index in [2.05, 4.69) is 15.9 Å². The van der Waals surface area contributed by atoms with Gasteiger partial charge in [0.05, 0.1) is 5.33 Å². The van der Waals surface area contributed by atoms with Crippen molar-refractivity contribution in [2.24, 2.45) is 0 Å². The van der Waals surface area contributed by atoms with Crippen LogP contribution < -0.4 is 9.47 Å². The van der Waals surface area contributed by atoms with Crippen molar-refractivity contribution in [3.8, 4) is 11.5 Å². The second kappa shape index (κ2) is 3.44. The lowest BCUT2D eigenvalue weighted by molar-refractivity contribution is -0.154. The lowest BCUT2D eigenvalue weighted by Gasteiger charge is -2.32. The molecule has 3 nitrogen and oxygen atoms in total. The van der Waals surface area contributed by atoms with Crippen LogP contribution in [0.4, 0.5) is 0 Å². The highest BCUT2D eigenvalue weighted by atomic mass is 79.9. The third-order valence-corrected chi connectivity index (χ3v) is 2.94. The number of aryl methyl sites for hydroxylation is 1. The van der Waals surface area contributed by atoms with Crippen molar-refractivity contribution in [2.75, 3.05) is 11.9 Å². The van der Waals surface area contributed by atoms with Gasteiger partial charge in [-0.3, -0.25) is 0 Å². The molecule has 76 valence electrons. The van der Waals surface area contributed by atoms with E-state index in [4.69, 9.17) is 9.47 Å². The first-order valence-corrected chi connectivity index (χ1v) is 5.46. The van der Waals surface area contributed by atoms with Crippen molar-refractivity contribution in [1.82, 2.24) is 0 Å². The monoisotopic (exact) mass is 258 g/mol. The molecule has 0 amide bonds. The summed E-state index contributed by atoms with van der Waals surface area (Å²) in [5.74, 6) is 0.0295. The van der Waals surface area contributed by atoms with Crippen molar-refractivity contribution in [2.45, 2.75) is 12.7 Å². The average Bonchev–Trinajstić information content (AvgIpc) is 2.19. The SMILES string of the molecule is Cc1ccc2c(c1)OCC(O)(CBr)O2. The summed E-state index contributed by atoms with van der Waals surface area (Å²) >= 11 is 3.18. The number of rotatable bonds is 1. The summed E-state index contributed by atoms with van der Waals surface area (Å²) in [4.78, 5) is 0. The van der Waals surface area contributed by atoms with E-state index in [1.165, 1.54) is 0 Å². The van der Waals surface area contributed by atoms with Crippen LogP contribution >= 0.6 is 15.9 Å². The second-order valence-corrected chi connectivity index (χ2v) is 3.98. The number of aliphatic hydroxyl groups is 1. The van der Waals surface area contributed by atoms with Crippen molar-refractivity contribution >= 4 is 15.9 Å². The lowest BCUT2D eigenvalue weighted by atomic mass is 10.2. The van der Waals surface area contributed by atoms with E-state index in [0.29, 0.717) is 16.8 Å². The first kappa shape index (κ1) is 9.80. The minimum absolute atomic E-state index is 0.148. The number of benzene rings is 1. The molecule has 1 atom stereocenters. The molecule has 0 fully saturated rings. The molecule has 0 saturated heterocycles. The second-order valence-electron chi connectivity index (χ2n) is 3.42. The Balaban J connectivity index is 2.31. The van der Waals surface area contributed by atoms with Gasteiger partial charge in [0.1, 0.15) is 0 Å². The predicted molar refractivity (Wildman–Crippen MR) is 56.0 cm³/mol. The Kier molecular flexibility index (Phi) is 2.41. The predicted octanol–water partition coefficient (Wildman–Crippen LogP) is 1.85. The van der Waals surface area contributed by atoms with E-state index in [1.54, 1.807) is 6.07 Å². The Morgan fingerprint density at radius 2 is 2.29 bits per heavy atom. The number of halogens is 1. The van der Waals surface area contributed by atoms with Crippen molar-refractivity contribution in [3.05, 3.63) is 23.8 Å². The highest BCUT2D eigenvalue weighted by Crippen LogP contribution is 2.35. The van der Waals surface area contributed by atoms with Crippen LogP contribution in [0, 0.1) is 6.92 Å². The van der Waals surface area contributed by atoms with Crippen molar-refractivity contribution < 1.29 is 14.6 Å². The van der Waals surface area contributed by atoms with E-state index in [9.17, 15) is 5.11 Å². The molecule has 0 saturated carbocycles. The van der Waals surface area contributed by atoms with Gasteiger partial charge in [0, 0.05) is 0 Å². The summed E-state index contributed by atoms with van der Waals surface area (Å²) in [7, 11) is 0. The smallest absolute Gasteiger partial charge is 0.252 e. The molecule has 4 heteroatoms. The van der Waals surface area contributed by atoms with Crippen LogP contribution in [0.3, 0.4) is 0 Å². The molecule has 1 N–H and O–H groups in total. The zero-order valence-electron chi connectivity index (χ0n) is 7.79.